The molecule has 0 saturated heterocycles. The predicted molar refractivity (Wildman–Crippen MR) is 217 cm³/mol. The van der Waals surface area contributed by atoms with E-state index in [1.807, 2.05) is 23.9 Å². The Morgan fingerprint density at radius 1 is 0.558 bits per heavy atom. The lowest BCUT2D eigenvalue weighted by molar-refractivity contribution is 0.478. The van der Waals surface area contributed by atoms with Gasteiger partial charge in [-0.1, -0.05) is 134 Å². The van der Waals surface area contributed by atoms with Gasteiger partial charge in [0.2, 0.25) is 0 Å². The standard InChI is InChI=1S/C49H32O2S/c1-49-24-9-8-19-42(49)46(32-23-26-51-29-32)38-15-6-7-16-39(38)47(49)41-18-10-17-40-33-21-20-30(27-43(33)52-48(40)41)44-34-11-2-4-13-36(34)45(31-22-25-50-28-31)37-14-5-3-12-35(37)44/h2-29,42H,1H3. The lowest BCUT2D eigenvalue weighted by Crippen LogP contribution is -2.45. The third kappa shape index (κ3) is 4.11. The fraction of sp³-hybridized carbons (Fsp3) is 0.0612. The largest absolute Gasteiger partial charge is 0.472 e. The highest BCUT2D eigenvalue weighted by molar-refractivity contribution is 7.26. The van der Waals surface area contributed by atoms with Gasteiger partial charge in [-0.3, -0.25) is 0 Å². The van der Waals surface area contributed by atoms with Crippen LogP contribution in [0.4, 0.5) is 0 Å². The van der Waals surface area contributed by atoms with E-state index < -0.39 is 0 Å². The molecule has 0 radical (unpaired) electrons. The minimum absolute atomic E-state index is 0.169. The molecule has 0 amide bonds. The molecule has 0 N–H and O–H groups in total. The normalized spacial score (nSPS) is 18.1. The maximum absolute atomic E-state index is 5.64. The van der Waals surface area contributed by atoms with Crippen LogP contribution in [-0.4, -0.2) is 0 Å². The van der Waals surface area contributed by atoms with Gasteiger partial charge in [0.25, 0.3) is 0 Å². The molecule has 3 heteroatoms. The lowest BCUT2D eigenvalue weighted by atomic mass is 9.61. The summed E-state index contributed by atoms with van der Waals surface area (Å²) in [6, 6.07) is 44.7. The van der Waals surface area contributed by atoms with Gasteiger partial charge in [0.1, 0.15) is 0 Å². The summed E-state index contributed by atoms with van der Waals surface area (Å²) >= 11 is 1.92. The number of benzene rings is 6. The summed E-state index contributed by atoms with van der Waals surface area (Å²) in [5, 5.41) is 10.1. The van der Waals surface area contributed by atoms with Crippen molar-refractivity contribution in [2.75, 3.05) is 0 Å². The topological polar surface area (TPSA) is 26.3 Å². The molecule has 6 aromatic carbocycles. The van der Waals surface area contributed by atoms with Crippen LogP contribution in [0, 0.1) is 11.3 Å². The molecular formula is C49H32O2S. The van der Waals surface area contributed by atoms with E-state index in [1.165, 1.54) is 85.6 Å². The van der Waals surface area contributed by atoms with Crippen molar-refractivity contribution in [3.05, 3.63) is 192 Å². The number of hydrogen-bond donors (Lipinski definition) is 0. The number of allylic oxidation sites excluding steroid dienone is 4. The van der Waals surface area contributed by atoms with Gasteiger partial charge in [-0.15, -0.1) is 11.3 Å². The fourth-order valence-electron chi connectivity index (χ4n) is 9.26. The second kappa shape index (κ2) is 11.2. The quantitative estimate of drug-likeness (QED) is 0.173. The van der Waals surface area contributed by atoms with Gasteiger partial charge >= 0.3 is 0 Å². The molecule has 9 aromatic rings. The number of hydrogen-bond acceptors (Lipinski definition) is 3. The zero-order valence-corrected chi connectivity index (χ0v) is 29.3. The maximum atomic E-state index is 5.64. The average molecular weight is 685 g/mol. The van der Waals surface area contributed by atoms with Gasteiger partial charge in [-0.25, -0.2) is 0 Å². The van der Waals surface area contributed by atoms with Crippen LogP contribution < -0.4 is 10.4 Å². The van der Waals surface area contributed by atoms with E-state index >= 15 is 0 Å². The molecule has 2 aliphatic carbocycles. The molecule has 2 nitrogen and oxygen atoms in total. The van der Waals surface area contributed by atoms with E-state index in [9.17, 15) is 0 Å². The van der Waals surface area contributed by atoms with E-state index in [0.717, 1.165) is 11.1 Å². The molecule has 11 rings (SSSR count). The van der Waals surface area contributed by atoms with E-state index in [4.69, 9.17) is 8.83 Å². The van der Waals surface area contributed by atoms with Crippen LogP contribution in [0.25, 0.3) is 75.1 Å². The van der Waals surface area contributed by atoms with Gasteiger partial charge in [0, 0.05) is 48.2 Å². The summed E-state index contributed by atoms with van der Waals surface area (Å²) in [6.07, 6.45) is 16.5. The highest BCUT2D eigenvalue weighted by atomic mass is 32.1. The summed E-state index contributed by atoms with van der Waals surface area (Å²) in [5.74, 6) is 0.169. The zero-order valence-electron chi connectivity index (χ0n) is 28.5. The van der Waals surface area contributed by atoms with Gasteiger partial charge in [0.15, 0.2) is 0 Å². The summed E-state index contributed by atoms with van der Waals surface area (Å²) in [6.45, 7) is 2.41. The molecule has 3 aromatic heterocycles. The van der Waals surface area contributed by atoms with Crippen LogP contribution in [0.1, 0.15) is 18.1 Å². The number of furan rings is 2. The van der Waals surface area contributed by atoms with Crippen molar-refractivity contribution in [1.29, 1.82) is 0 Å². The Balaban J connectivity index is 1.19. The third-order valence-corrected chi connectivity index (χ3v) is 12.7. The summed E-state index contributed by atoms with van der Waals surface area (Å²) < 4.78 is 13.8. The first-order valence-corrected chi connectivity index (χ1v) is 18.7. The van der Waals surface area contributed by atoms with Gasteiger partial charge in [-0.2, -0.15) is 0 Å². The van der Waals surface area contributed by atoms with E-state index in [1.54, 1.807) is 12.5 Å². The Morgan fingerprint density at radius 3 is 1.88 bits per heavy atom. The van der Waals surface area contributed by atoms with Crippen LogP contribution in [0.2, 0.25) is 0 Å². The first-order valence-electron chi connectivity index (χ1n) is 17.8. The first kappa shape index (κ1) is 29.6. The van der Waals surface area contributed by atoms with Crippen LogP contribution in [0.5, 0.6) is 0 Å². The highest BCUT2D eigenvalue weighted by Gasteiger charge is 2.42. The molecule has 0 spiro atoms. The smallest absolute Gasteiger partial charge is 0.0981 e. The highest BCUT2D eigenvalue weighted by Crippen LogP contribution is 2.52. The summed E-state index contributed by atoms with van der Waals surface area (Å²) in [7, 11) is 0. The maximum Gasteiger partial charge on any atom is 0.0981 e. The molecule has 0 fully saturated rings. The molecule has 0 bridgehead atoms. The van der Waals surface area contributed by atoms with E-state index in [-0.39, 0.29) is 11.3 Å². The number of rotatable bonds is 4. The monoisotopic (exact) mass is 684 g/mol. The molecule has 2 unspecified atom stereocenters. The fourth-order valence-corrected chi connectivity index (χ4v) is 10.5. The van der Waals surface area contributed by atoms with Crippen LogP contribution in [0.15, 0.2) is 180 Å². The van der Waals surface area contributed by atoms with Crippen LogP contribution in [0.3, 0.4) is 0 Å². The molecular weight excluding hydrogens is 653 g/mol. The molecule has 3 heterocycles. The second-order valence-electron chi connectivity index (χ2n) is 14.2. The van der Waals surface area contributed by atoms with E-state index in [2.05, 4.69) is 153 Å². The summed E-state index contributed by atoms with van der Waals surface area (Å²) in [4.78, 5) is 0. The van der Waals surface area contributed by atoms with Crippen LogP contribution in [-0.2, 0) is 0 Å². The van der Waals surface area contributed by atoms with Crippen molar-refractivity contribution < 1.29 is 8.83 Å². The molecule has 52 heavy (non-hydrogen) atoms. The molecule has 2 atom stereocenters. The molecule has 0 saturated carbocycles. The van der Waals surface area contributed by atoms with E-state index in [0.29, 0.717) is 0 Å². The second-order valence-corrected chi connectivity index (χ2v) is 15.3. The molecule has 2 aliphatic rings. The van der Waals surface area contributed by atoms with Crippen molar-refractivity contribution in [3.63, 3.8) is 0 Å². The Labute approximate surface area is 304 Å². The number of thiophene rings is 1. The Kier molecular flexibility index (Phi) is 6.35. The van der Waals surface area contributed by atoms with Crippen molar-refractivity contribution in [1.82, 2.24) is 0 Å². The minimum atomic E-state index is -0.250. The Bertz CT molecular complexity index is 3020. The van der Waals surface area contributed by atoms with Crippen molar-refractivity contribution >= 4 is 64.2 Å². The predicted octanol–water partition coefficient (Wildman–Crippen LogP) is 12.0. The zero-order chi connectivity index (χ0) is 34.4. The van der Waals surface area contributed by atoms with Crippen molar-refractivity contribution in [2.45, 2.75) is 6.92 Å². The third-order valence-electron chi connectivity index (χ3n) is 11.5. The van der Waals surface area contributed by atoms with Crippen molar-refractivity contribution in [2.24, 2.45) is 11.3 Å². The van der Waals surface area contributed by atoms with Gasteiger partial charge in [-0.05, 0) is 78.0 Å². The minimum Gasteiger partial charge on any atom is -0.472 e. The Morgan fingerprint density at radius 2 is 1.19 bits per heavy atom. The van der Waals surface area contributed by atoms with Crippen LogP contribution >= 0.6 is 11.3 Å². The Hall–Kier alpha value is -6.16. The van der Waals surface area contributed by atoms with Gasteiger partial charge in [0.05, 0.1) is 25.1 Å². The molecule has 0 aliphatic heterocycles. The summed E-state index contributed by atoms with van der Waals surface area (Å²) in [5.41, 5.74) is 9.72. The SMILES string of the molecule is CC12C=CC=CC1C(c1ccoc1)=c1ccccc1=C2c1cccc2c1sc1cc(-c3c4ccccc4c(-c4ccoc4)c4ccccc34)ccc12. The van der Waals surface area contributed by atoms with Gasteiger partial charge < -0.3 is 8.83 Å². The first-order chi connectivity index (χ1) is 25.7. The lowest BCUT2D eigenvalue weighted by Gasteiger charge is -2.42. The average Bonchev–Trinajstić information content (AvgIpc) is 3.98. The number of fused-ring (bicyclic) bond motifs is 7. The van der Waals surface area contributed by atoms with Crippen molar-refractivity contribution in [3.8, 4) is 22.3 Å². The molecule has 246 valence electrons.